The molecule has 0 saturated carbocycles. The maximum atomic E-state index is 4.35. The van der Waals surface area contributed by atoms with Gasteiger partial charge >= 0.3 is 0 Å². The molecule has 1 nitrogen and oxygen atoms in total. The van der Waals surface area contributed by atoms with Gasteiger partial charge in [-0.2, -0.15) is 0 Å². The van der Waals surface area contributed by atoms with Crippen molar-refractivity contribution in [1.82, 2.24) is 4.98 Å². The lowest BCUT2D eigenvalue weighted by molar-refractivity contribution is 1.03. The summed E-state index contributed by atoms with van der Waals surface area (Å²) >= 11 is 1.70. The summed E-state index contributed by atoms with van der Waals surface area (Å²) in [4.78, 5) is 4.35. The van der Waals surface area contributed by atoms with Crippen molar-refractivity contribution in [2.45, 2.75) is 18.9 Å². The highest BCUT2D eigenvalue weighted by Gasteiger charge is 1.95. The van der Waals surface area contributed by atoms with Crippen molar-refractivity contribution in [3.8, 4) is 0 Å². The molecule has 0 aliphatic heterocycles. The van der Waals surface area contributed by atoms with Crippen LogP contribution in [0.2, 0.25) is 0 Å². The summed E-state index contributed by atoms with van der Waals surface area (Å²) in [6.07, 6.45) is 2.05. The minimum Gasteiger partial charge on any atom is -0.247 e. The summed E-state index contributed by atoms with van der Waals surface area (Å²) in [5, 5.41) is 1.14. The molecule has 1 heterocycles. The second-order valence-electron chi connectivity index (χ2n) is 2.28. The molecule has 0 radical (unpaired) electrons. The fraction of sp³-hybridized carbons (Fsp3) is 0.375. The maximum absolute atomic E-state index is 4.35. The molecule has 0 aliphatic rings. The van der Waals surface area contributed by atoms with Crippen LogP contribution in [-0.2, 0) is 0 Å². The van der Waals surface area contributed by atoms with Crippen LogP contribution < -0.4 is 0 Å². The summed E-state index contributed by atoms with van der Waals surface area (Å²) in [6.45, 7) is 4.09. The van der Waals surface area contributed by atoms with Crippen LogP contribution in [0.3, 0.4) is 0 Å². The van der Waals surface area contributed by atoms with Gasteiger partial charge in [-0.3, -0.25) is 0 Å². The molecular formula is C8H11NS. The molecule has 0 unspecified atom stereocenters. The summed E-state index contributed by atoms with van der Waals surface area (Å²) in [5.41, 5.74) is 2.35. The lowest BCUT2D eigenvalue weighted by Gasteiger charge is -2.00. The highest BCUT2D eigenvalue weighted by Crippen LogP contribution is 2.16. The number of hydrogen-bond acceptors (Lipinski definition) is 2. The van der Waals surface area contributed by atoms with Crippen LogP contribution in [0.25, 0.3) is 0 Å². The highest BCUT2D eigenvalue weighted by molar-refractivity contribution is 7.98. The van der Waals surface area contributed by atoms with E-state index < -0.39 is 0 Å². The Kier molecular flexibility index (Phi) is 2.33. The minimum atomic E-state index is 1.09. The highest BCUT2D eigenvalue weighted by atomic mass is 32.2. The quantitative estimate of drug-likeness (QED) is 0.575. The van der Waals surface area contributed by atoms with E-state index in [9.17, 15) is 0 Å². The summed E-state index contributed by atoms with van der Waals surface area (Å²) in [6, 6.07) is 4.14. The van der Waals surface area contributed by atoms with Crippen molar-refractivity contribution in [2.75, 3.05) is 6.26 Å². The molecule has 1 aromatic rings. The first kappa shape index (κ1) is 7.61. The molecule has 0 amide bonds. The molecule has 0 bridgehead atoms. The minimum absolute atomic E-state index is 1.09. The van der Waals surface area contributed by atoms with Crippen molar-refractivity contribution in [1.29, 1.82) is 0 Å². The first-order chi connectivity index (χ1) is 4.74. The predicted octanol–water partition coefficient (Wildman–Crippen LogP) is 2.42. The van der Waals surface area contributed by atoms with Gasteiger partial charge in [0.25, 0.3) is 0 Å². The van der Waals surface area contributed by atoms with Crippen molar-refractivity contribution in [3.63, 3.8) is 0 Å². The number of hydrogen-bond donors (Lipinski definition) is 0. The Labute approximate surface area is 65.9 Å². The first-order valence-corrected chi connectivity index (χ1v) is 4.45. The third-order valence-corrected chi connectivity index (χ3v) is 2.18. The first-order valence-electron chi connectivity index (χ1n) is 3.22. The molecule has 0 fully saturated rings. The standard InChI is InChI=1S/C8H11NS/c1-6-4-5-7(2)9-8(6)10-3/h4-5H,1-3H3. The Hall–Kier alpha value is -0.500. The monoisotopic (exact) mass is 153 g/mol. The normalized spacial score (nSPS) is 9.90. The van der Waals surface area contributed by atoms with E-state index in [4.69, 9.17) is 0 Å². The van der Waals surface area contributed by atoms with E-state index in [1.54, 1.807) is 11.8 Å². The summed E-state index contributed by atoms with van der Waals surface area (Å²) in [7, 11) is 0. The molecule has 1 aromatic heterocycles. The maximum Gasteiger partial charge on any atom is 0.0989 e. The van der Waals surface area contributed by atoms with Crippen LogP contribution in [0, 0.1) is 13.8 Å². The molecule has 0 saturated heterocycles. The van der Waals surface area contributed by atoms with E-state index in [0.717, 1.165) is 10.7 Å². The van der Waals surface area contributed by atoms with E-state index in [-0.39, 0.29) is 0 Å². The zero-order valence-corrected chi connectivity index (χ0v) is 7.33. The number of aryl methyl sites for hydroxylation is 2. The van der Waals surface area contributed by atoms with Gasteiger partial charge in [-0.05, 0) is 31.7 Å². The third kappa shape index (κ3) is 1.51. The van der Waals surface area contributed by atoms with Gasteiger partial charge in [0.15, 0.2) is 0 Å². The van der Waals surface area contributed by atoms with Crippen LogP contribution in [0.5, 0.6) is 0 Å². The van der Waals surface area contributed by atoms with Crippen molar-refractivity contribution in [3.05, 3.63) is 23.4 Å². The SMILES string of the molecule is CSc1nc(C)ccc1C. The van der Waals surface area contributed by atoms with E-state index in [0.29, 0.717) is 0 Å². The zero-order valence-electron chi connectivity index (χ0n) is 6.51. The predicted molar refractivity (Wildman–Crippen MR) is 45.5 cm³/mol. The smallest absolute Gasteiger partial charge is 0.0989 e. The largest absolute Gasteiger partial charge is 0.247 e. The lowest BCUT2D eigenvalue weighted by Crippen LogP contribution is -1.86. The van der Waals surface area contributed by atoms with Crippen LogP contribution in [-0.4, -0.2) is 11.2 Å². The molecule has 1 rings (SSSR count). The Bertz CT molecular complexity index is 233. The number of rotatable bonds is 1. The summed E-state index contributed by atoms with van der Waals surface area (Å²) < 4.78 is 0. The topological polar surface area (TPSA) is 12.9 Å². The number of nitrogens with zero attached hydrogens (tertiary/aromatic N) is 1. The Morgan fingerprint density at radius 1 is 1.30 bits per heavy atom. The summed E-state index contributed by atoms with van der Waals surface area (Å²) in [5.74, 6) is 0. The van der Waals surface area contributed by atoms with Crippen LogP contribution in [0.4, 0.5) is 0 Å². The Morgan fingerprint density at radius 2 is 2.00 bits per heavy atom. The Morgan fingerprint density at radius 3 is 2.50 bits per heavy atom. The molecule has 0 N–H and O–H groups in total. The van der Waals surface area contributed by atoms with Crippen molar-refractivity contribution < 1.29 is 0 Å². The fourth-order valence-corrected chi connectivity index (χ4v) is 1.43. The van der Waals surface area contributed by atoms with Crippen LogP contribution in [0.1, 0.15) is 11.3 Å². The van der Waals surface area contributed by atoms with Crippen LogP contribution in [0.15, 0.2) is 17.2 Å². The average molecular weight is 153 g/mol. The van der Waals surface area contributed by atoms with E-state index in [1.165, 1.54) is 5.56 Å². The zero-order chi connectivity index (χ0) is 7.56. The molecular weight excluding hydrogens is 142 g/mol. The second kappa shape index (κ2) is 3.06. The second-order valence-corrected chi connectivity index (χ2v) is 3.07. The molecule has 0 atom stereocenters. The Balaban J connectivity index is 3.09. The van der Waals surface area contributed by atoms with Crippen molar-refractivity contribution >= 4 is 11.8 Å². The van der Waals surface area contributed by atoms with Gasteiger partial charge in [-0.1, -0.05) is 6.07 Å². The van der Waals surface area contributed by atoms with E-state index >= 15 is 0 Å². The average Bonchev–Trinajstić information content (AvgIpc) is 1.94. The van der Waals surface area contributed by atoms with Gasteiger partial charge < -0.3 is 0 Å². The number of thioether (sulfide) groups is 1. The van der Waals surface area contributed by atoms with Gasteiger partial charge in [0, 0.05) is 5.69 Å². The number of aromatic nitrogens is 1. The van der Waals surface area contributed by atoms with Crippen LogP contribution >= 0.6 is 11.8 Å². The van der Waals surface area contributed by atoms with Gasteiger partial charge in [-0.25, -0.2) is 4.98 Å². The molecule has 0 aromatic carbocycles. The van der Waals surface area contributed by atoms with Gasteiger partial charge in [0.1, 0.15) is 0 Å². The molecule has 54 valence electrons. The van der Waals surface area contributed by atoms with E-state index in [1.807, 2.05) is 13.0 Å². The van der Waals surface area contributed by atoms with Gasteiger partial charge in [0.05, 0.1) is 5.03 Å². The molecule has 2 heteroatoms. The van der Waals surface area contributed by atoms with E-state index in [2.05, 4.69) is 24.2 Å². The number of pyridine rings is 1. The fourth-order valence-electron chi connectivity index (χ4n) is 0.809. The molecule has 10 heavy (non-hydrogen) atoms. The third-order valence-electron chi connectivity index (χ3n) is 1.38. The van der Waals surface area contributed by atoms with Crippen molar-refractivity contribution in [2.24, 2.45) is 0 Å². The lowest BCUT2D eigenvalue weighted by atomic mass is 10.3. The van der Waals surface area contributed by atoms with Gasteiger partial charge in [-0.15, -0.1) is 11.8 Å². The van der Waals surface area contributed by atoms with Gasteiger partial charge in [0.2, 0.25) is 0 Å². The molecule has 0 aliphatic carbocycles. The molecule has 0 spiro atoms.